The third kappa shape index (κ3) is 7.85. The van der Waals surface area contributed by atoms with Crippen molar-refractivity contribution in [2.75, 3.05) is 13.2 Å². The Hall–Kier alpha value is -3.51. The van der Waals surface area contributed by atoms with Gasteiger partial charge >= 0.3 is 5.97 Å². The van der Waals surface area contributed by atoms with Crippen LogP contribution in [-0.2, 0) is 14.4 Å². The van der Waals surface area contributed by atoms with Crippen molar-refractivity contribution in [1.29, 1.82) is 0 Å². The zero-order valence-corrected chi connectivity index (χ0v) is 13.3. The molecule has 13 nitrogen and oxygen atoms in total. The van der Waals surface area contributed by atoms with Gasteiger partial charge in [0.1, 0.15) is 12.7 Å². The number of nitro benzene ring substituents is 1. The molecule has 26 heavy (non-hydrogen) atoms. The van der Waals surface area contributed by atoms with Gasteiger partial charge in [-0.05, 0) is 31.4 Å². The topological polar surface area (TPSA) is 174 Å². The minimum atomic E-state index is -1.11. The van der Waals surface area contributed by atoms with E-state index in [1.54, 1.807) is 0 Å². The fourth-order valence-electron chi connectivity index (χ4n) is 1.87. The van der Waals surface area contributed by atoms with E-state index in [2.05, 4.69) is 9.68 Å². The molecule has 0 radical (unpaired) electrons. The van der Waals surface area contributed by atoms with Gasteiger partial charge < -0.3 is 14.4 Å². The average Bonchev–Trinajstić information content (AvgIpc) is 2.58. The molecule has 0 bridgehead atoms. The molecule has 0 heterocycles. The summed E-state index contributed by atoms with van der Waals surface area (Å²) in [5, 5.41) is 28.8. The minimum Gasteiger partial charge on any atom is -0.462 e. The van der Waals surface area contributed by atoms with Gasteiger partial charge in [0.25, 0.3) is 15.9 Å². The molecule has 0 aromatic heterocycles. The van der Waals surface area contributed by atoms with Crippen molar-refractivity contribution < 1.29 is 34.3 Å². The lowest BCUT2D eigenvalue weighted by molar-refractivity contribution is -0.790. The Labute approximate surface area is 145 Å². The van der Waals surface area contributed by atoms with Gasteiger partial charge in [-0.1, -0.05) is 0 Å². The molecular formula is C13H15N3O10. The lowest BCUT2D eigenvalue weighted by atomic mass is 10.1. The number of carbonyl (C=O) groups is 1. The van der Waals surface area contributed by atoms with Crippen LogP contribution >= 0.6 is 0 Å². The van der Waals surface area contributed by atoms with Crippen LogP contribution in [0.2, 0.25) is 0 Å². The number of hydrogen-bond donors (Lipinski definition) is 0. The van der Waals surface area contributed by atoms with Crippen LogP contribution < -0.4 is 0 Å². The summed E-state index contributed by atoms with van der Waals surface area (Å²) in [4.78, 5) is 50.4. The van der Waals surface area contributed by atoms with Crippen LogP contribution in [-0.4, -0.2) is 40.4 Å². The molecule has 0 spiro atoms. The molecule has 13 heteroatoms. The number of esters is 1. The first-order valence-electron chi connectivity index (χ1n) is 7.29. The molecule has 1 aromatic carbocycles. The van der Waals surface area contributed by atoms with E-state index in [4.69, 9.17) is 4.74 Å². The minimum absolute atomic E-state index is 0.00288. The molecule has 1 aromatic rings. The maximum Gasteiger partial charge on any atom is 0.338 e. The zero-order valence-electron chi connectivity index (χ0n) is 13.3. The van der Waals surface area contributed by atoms with Crippen molar-refractivity contribution in [2.24, 2.45) is 0 Å². The van der Waals surface area contributed by atoms with Gasteiger partial charge in [-0.25, -0.2) is 4.79 Å². The van der Waals surface area contributed by atoms with Gasteiger partial charge in [0.15, 0.2) is 0 Å². The first-order chi connectivity index (χ1) is 12.3. The summed E-state index contributed by atoms with van der Waals surface area (Å²) in [6.45, 7) is -0.590. The van der Waals surface area contributed by atoms with Gasteiger partial charge in [0, 0.05) is 12.1 Å². The van der Waals surface area contributed by atoms with Crippen molar-refractivity contribution in [3.8, 4) is 0 Å². The zero-order chi connectivity index (χ0) is 19.5. The van der Waals surface area contributed by atoms with Crippen molar-refractivity contribution in [3.05, 3.63) is 60.2 Å². The quantitative estimate of drug-likeness (QED) is 0.227. The Morgan fingerprint density at radius 1 is 1.00 bits per heavy atom. The maximum absolute atomic E-state index is 11.7. The van der Waals surface area contributed by atoms with Gasteiger partial charge in [0.05, 0.1) is 17.1 Å². The van der Waals surface area contributed by atoms with Crippen LogP contribution in [0.4, 0.5) is 5.69 Å². The Bertz CT molecular complexity index is 648. The fourth-order valence-corrected chi connectivity index (χ4v) is 1.87. The van der Waals surface area contributed by atoms with Crippen molar-refractivity contribution >= 4 is 11.7 Å². The van der Waals surface area contributed by atoms with Crippen LogP contribution in [0.3, 0.4) is 0 Å². The number of rotatable bonds is 12. The van der Waals surface area contributed by atoms with E-state index in [9.17, 15) is 35.1 Å². The molecule has 0 saturated heterocycles. The van der Waals surface area contributed by atoms with Crippen molar-refractivity contribution in [2.45, 2.75) is 25.4 Å². The van der Waals surface area contributed by atoms with Gasteiger partial charge in [-0.3, -0.25) is 10.1 Å². The van der Waals surface area contributed by atoms with E-state index < -0.39 is 33.8 Å². The SMILES string of the molecule is O=C(OCCCC[C@@H](CO[N+](=O)[O-])O[N+](=O)[O-])c1ccc([N+](=O)[O-])cc1. The Balaban J connectivity index is 2.32. The van der Waals surface area contributed by atoms with E-state index in [-0.39, 0.29) is 24.3 Å². The molecular weight excluding hydrogens is 358 g/mol. The highest BCUT2D eigenvalue weighted by Gasteiger charge is 2.16. The summed E-state index contributed by atoms with van der Waals surface area (Å²) < 4.78 is 4.97. The number of benzene rings is 1. The highest BCUT2D eigenvalue weighted by atomic mass is 17.0. The summed E-state index contributed by atoms with van der Waals surface area (Å²) in [5.41, 5.74) is -0.0140. The first kappa shape index (κ1) is 20.5. The van der Waals surface area contributed by atoms with E-state index in [1.165, 1.54) is 24.3 Å². The normalized spacial score (nSPS) is 11.2. The lowest BCUT2D eigenvalue weighted by Gasteiger charge is -2.13. The molecule has 0 aliphatic carbocycles. The number of nitrogens with zero attached hydrogens (tertiary/aromatic N) is 3. The largest absolute Gasteiger partial charge is 0.462 e. The van der Waals surface area contributed by atoms with Crippen LogP contribution in [0.25, 0.3) is 0 Å². The van der Waals surface area contributed by atoms with Crippen LogP contribution in [0.1, 0.15) is 29.6 Å². The molecule has 1 atom stereocenters. The number of nitro groups is 1. The highest BCUT2D eigenvalue weighted by molar-refractivity contribution is 5.89. The summed E-state index contributed by atoms with van der Waals surface area (Å²) in [5.74, 6) is -0.672. The molecule has 1 rings (SSSR count). The second kappa shape index (κ2) is 10.4. The predicted octanol–water partition coefficient (Wildman–Crippen LogP) is 1.71. The Morgan fingerprint density at radius 3 is 2.19 bits per heavy atom. The number of ether oxygens (including phenoxy) is 1. The summed E-state index contributed by atoms with van der Waals surface area (Å²) >= 11 is 0. The number of carbonyl (C=O) groups excluding carboxylic acids is 1. The van der Waals surface area contributed by atoms with E-state index in [1.807, 2.05) is 0 Å². The molecule has 0 fully saturated rings. The molecule has 0 amide bonds. The lowest BCUT2D eigenvalue weighted by Crippen LogP contribution is -2.24. The van der Waals surface area contributed by atoms with Crippen LogP contribution in [0, 0.1) is 30.3 Å². The summed E-state index contributed by atoms with van der Waals surface area (Å²) in [6.07, 6.45) is -0.369. The first-order valence-corrected chi connectivity index (χ1v) is 7.29. The molecule has 0 N–H and O–H groups in total. The van der Waals surface area contributed by atoms with Crippen molar-refractivity contribution in [1.82, 2.24) is 0 Å². The number of unbranched alkanes of at least 4 members (excludes halogenated alkanes) is 1. The average molecular weight is 373 g/mol. The fraction of sp³-hybridized carbons (Fsp3) is 0.462. The Morgan fingerprint density at radius 2 is 1.65 bits per heavy atom. The molecule has 0 unspecified atom stereocenters. The molecule has 0 saturated carbocycles. The molecule has 0 aliphatic rings. The van der Waals surface area contributed by atoms with Crippen molar-refractivity contribution in [3.63, 3.8) is 0 Å². The van der Waals surface area contributed by atoms with E-state index in [0.29, 0.717) is 12.8 Å². The third-order valence-electron chi connectivity index (χ3n) is 3.07. The standard InChI is InChI=1S/C13H15N3O10/c17-13(10-4-6-11(7-5-10)14(18)19)24-8-2-1-3-12(26-16(22)23)9-25-15(20)21/h4-7,12H,1-3,8-9H2/t12-/m0/s1. The Kier molecular flexibility index (Phi) is 8.19. The molecule has 142 valence electrons. The van der Waals surface area contributed by atoms with E-state index >= 15 is 0 Å². The maximum atomic E-state index is 11.7. The van der Waals surface area contributed by atoms with Crippen LogP contribution in [0.5, 0.6) is 0 Å². The number of hydrogen-bond acceptors (Lipinski definition) is 10. The summed E-state index contributed by atoms with van der Waals surface area (Å²) in [6, 6.07) is 4.86. The van der Waals surface area contributed by atoms with E-state index in [0.717, 1.165) is 0 Å². The predicted molar refractivity (Wildman–Crippen MR) is 82.0 cm³/mol. The summed E-state index contributed by atoms with van der Waals surface area (Å²) in [7, 11) is 0. The van der Waals surface area contributed by atoms with Gasteiger partial charge in [0.2, 0.25) is 0 Å². The number of non-ortho nitro benzene ring substituents is 1. The van der Waals surface area contributed by atoms with Gasteiger partial charge in [-0.2, -0.15) is 0 Å². The third-order valence-corrected chi connectivity index (χ3v) is 3.07. The van der Waals surface area contributed by atoms with Gasteiger partial charge in [-0.15, -0.1) is 20.2 Å². The van der Waals surface area contributed by atoms with Crippen LogP contribution in [0.15, 0.2) is 24.3 Å². The molecule has 0 aliphatic heterocycles. The monoisotopic (exact) mass is 373 g/mol. The smallest absolute Gasteiger partial charge is 0.338 e. The highest BCUT2D eigenvalue weighted by Crippen LogP contribution is 2.13. The second-order valence-corrected chi connectivity index (χ2v) is 4.91. The second-order valence-electron chi connectivity index (χ2n) is 4.91.